The summed E-state index contributed by atoms with van der Waals surface area (Å²) in [4.78, 5) is 56.5. The number of carbonyl (C=O) groups is 3. The molecule has 3 rings (SSSR count). The minimum absolute atomic E-state index is 0.0402. The summed E-state index contributed by atoms with van der Waals surface area (Å²) in [6.45, 7) is 0.226. The molecule has 0 aliphatic rings. The molecule has 2 N–H and O–H groups in total. The lowest BCUT2D eigenvalue weighted by Crippen LogP contribution is -2.26. The molecule has 3 aromatic rings. The van der Waals surface area contributed by atoms with Crippen molar-refractivity contribution in [3.8, 4) is 5.75 Å². The van der Waals surface area contributed by atoms with Gasteiger partial charge in [-0.2, -0.15) is 5.10 Å². The number of nitrogens with one attached hydrogen (secondary N) is 2. The third-order valence-electron chi connectivity index (χ3n) is 4.99. The van der Waals surface area contributed by atoms with E-state index in [4.69, 9.17) is 4.74 Å². The van der Waals surface area contributed by atoms with Crippen molar-refractivity contribution < 1.29 is 29.0 Å². The zero-order valence-electron chi connectivity index (χ0n) is 19.7. The number of nitro benzene ring substituents is 2. The molecule has 0 aliphatic heterocycles. The summed E-state index contributed by atoms with van der Waals surface area (Å²) in [6, 6.07) is 16.6. The lowest BCUT2D eigenvalue weighted by molar-refractivity contribution is -0.385. The third-order valence-corrected chi connectivity index (χ3v) is 4.99. The van der Waals surface area contributed by atoms with E-state index in [0.717, 1.165) is 6.07 Å². The Kier molecular flexibility index (Phi) is 9.29. The number of ether oxygens (including phenoxy) is 1. The van der Waals surface area contributed by atoms with Gasteiger partial charge in [0.2, 0.25) is 5.91 Å². The number of nitrogens with zero attached hydrogens (tertiary/aromatic N) is 3. The Hall–Kier alpha value is -5.46. The Bertz CT molecular complexity index is 1370. The van der Waals surface area contributed by atoms with E-state index in [9.17, 15) is 34.6 Å². The standard InChI is InChI=1S/C25H21N5O8/c31-23(5-2-14-26-24(32)18-8-10-20(11-9-18)29(34)35)28-27-16-17-6-12-22(13-7-17)38-25(33)19-3-1-4-21(15-19)30(36)37/h1,3-4,6-13,15-16H,2,5,14H2,(H,26,32)(H,28,31). The van der Waals surface area contributed by atoms with Gasteiger partial charge in [0, 0.05) is 42.8 Å². The first-order valence-electron chi connectivity index (χ1n) is 11.1. The quantitative estimate of drug-likeness (QED) is 0.0964. The molecule has 13 nitrogen and oxygen atoms in total. The van der Waals surface area contributed by atoms with Crippen LogP contribution in [0.15, 0.2) is 77.9 Å². The monoisotopic (exact) mass is 519 g/mol. The van der Waals surface area contributed by atoms with Crippen molar-refractivity contribution >= 4 is 35.4 Å². The Morgan fingerprint density at radius 1 is 0.868 bits per heavy atom. The highest BCUT2D eigenvalue weighted by Crippen LogP contribution is 2.17. The van der Waals surface area contributed by atoms with E-state index in [1.807, 2.05) is 0 Å². The van der Waals surface area contributed by atoms with E-state index < -0.39 is 21.7 Å². The number of esters is 1. The first-order valence-corrected chi connectivity index (χ1v) is 11.1. The van der Waals surface area contributed by atoms with Gasteiger partial charge < -0.3 is 10.1 Å². The Balaban J connectivity index is 1.38. The smallest absolute Gasteiger partial charge is 0.343 e. The van der Waals surface area contributed by atoms with Gasteiger partial charge in [-0.3, -0.25) is 29.8 Å². The van der Waals surface area contributed by atoms with E-state index in [1.54, 1.807) is 12.1 Å². The summed E-state index contributed by atoms with van der Waals surface area (Å²) in [5.74, 6) is -1.30. The van der Waals surface area contributed by atoms with E-state index in [0.29, 0.717) is 12.0 Å². The van der Waals surface area contributed by atoms with Crippen molar-refractivity contribution in [3.63, 3.8) is 0 Å². The van der Waals surface area contributed by atoms with Gasteiger partial charge in [-0.1, -0.05) is 6.07 Å². The number of rotatable bonds is 11. The Labute approximate surface area is 215 Å². The van der Waals surface area contributed by atoms with Crippen LogP contribution in [0, 0.1) is 20.2 Å². The maximum atomic E-state index is 12.2. The fourth-order valence-corrected chi connectivity index (χ4v) is 3.06. The van der Waals surface area contributed by atoms with Gasteiger partial charge in [0.15, 0.2) is 0 Å². The normalized spacial score (nSPS) is 10.5. The summed E-state index contributed by atoms with van der Waals surface area (Å²) in [5, 5.41) is 28.0. The minimum Gasteiger partial charge on any atom is -0.423 e. The van der Waals surface area contributed by atoms with Crippen LogP contribution in [0.25, 0.3) is 0 Å². The maximum Gasteiger partial charge on any atom is 0.343 e. The predicted octanol–water partition coefficient (Wildman–Crippen LogP) is 3.38. The largest absolute Gasteiger partial charge is 0.423 e. The number of nitro groups is 2. The van der Waals surface area contributed by atoms with Crippen molar-refractivity contribution in [1.29, 1.82) is 0 Å². The minimum atomic E-state index is -0.744. The van der Waals surface area contributed by atoms with Gasteiger partial charge in [0.05, 0.1) is 21.6 Å². The lowest BCUT2D eigenvalue weighted by Gasteiger charge is -2.05. The van der Waals surface area contributed by atoms with Crippen LogP contribution >= 0.6 is 0 Å². The van der Waals surface area contributed by atoms with Crippen LogP contribution in [0.2, 0.25) is 0 Å². The predicted molar refractivity (Wildman–Crippen MR) is 135 cm³/mol. The molecule has 0 heterocycles. The first kappa shape index (κ1) is 27.1. The van der Waals surface area contributed by atoms with Gasteiger partial charge in [-0.25, -0.2) is 10.2 Å². The number of hydrogen-bond donors (Lipinski definition) is 2. The average molecular weight is 519 g/mol. The number of non-ortho nitro benzene ring substituents is 2. The molecular formula is C25H21N5O8. The van der Waals surface area contributed by atoms with E-state index in [1.165, 1.54) is 60.8 Å². The SMILES string of the molecule is O=C(CCCNC(=O)c1ccc([N+](=O)[O-])cc1)NN=Cc1ccc(OC(=O)c2cccc([N+](=O)[O-])c2)cc1. The van der Waals surface area contributed by atoms with Crippen LogP contribution in [0.4, 0.5) is 11.4 Å². The van der Waals surface area contributed by atoms with Crippen LogP contribution in [0.5, 0.6) is 5.75 Å². The first-order chi connectivity index (χ1) is 18.2. The maximum absolute atomic E-state index is 12.2. The van der Waals surface area contributed by atoms with Crippen LogP contribution in [0.1, 0.15) is 39.1 Å². The summed E-state index contributed by atoms with van der Waals surface area (Å²) in [7, 11) is 0. The second-order valence-corrected chi connectivity index (χ2v) is 7.72. The molecule has 0 atom stereocenters. The second-order valence-electron chi connectivity index (χ2n) is 7.72. The summed E-state index contributed by atoms with van der Waals surface area (Å²) >= 11 is 0. The van der Waals surface area contributed by atoms with Crippen LogP contribution in [-0.4, -0.2) is 40.4 Å². The molecule has 194 valence electrons. The molecule has 0 bridgehead atoms. The number of hydrogen-bond acceptors (Lipinski definition) is 9. The van der Waals surface area contributed by atoms with Crippen molar-refractivity contribution in [3.05, 3.63) is 110 Å². The van der Waals surface area contributed by atoms with E-state index >= 15 is 0 Å². The van der Waals surface area contributed by atoms with Crippen molar-refractivity contribution in [2.24, 2.45) is 5.10 Å². The zero-order chi connectivity index (χ0) is 27.5. The molecule has 0 fully saturated rings. The van der Waals surface area contributed by atoms with E-state index in [-0.39, 0.29) is 47.1 Å². The molecule has 0 aliphatic carbocycles. The van der Waals surface area contributed by atoms with Crippen molar-refractivity contribution in [1.82, 2.24) is 10.7 Å². The molecule has 0 saturated carbocycles. The second kappa shape index (κ2) is 13.0. The molecule has 13 heteroatoms. The number of amides is 2. The molecule has 0 spiro atoms. The molecule has 0 radical (unpaired) electrons. The molecule has 2 amide bonds. The topological polar surface area (TPSA) is 183 Å². The molecule has 3 aromatic carbocycles. The average Bonchev–Trinajstić information content (AvgIpc) is 2.92. The molecule has 0 unspecified atom stereocenters. The van der Waals surface area contributed by atoms with E-state index in [2.05, 4.69) is 15.8 Å². The van der Waals surface area contributed by atoms with Gasteiger partial charge in [-0.15, -0.1) is 0 Å². The summed E-state index contributed by atoms with van der Waals surface area (Å²) in [5.41, 5.74) is 2.95. The number of hydrazone groups is 1. The van der Waals surface area contributed by atoms with Crippen molar-refractivity contribution in [2.45, 2.75) is 12.8 Å². The highest BCUT2D eigenvalue weighted by molar-refractivity contribution is 5.94. The van der Waals surface area contributed by atoms with Gasteiger partial charge in [0.1, 0.15) is 5.75 Å². The highest BCUT2D eigenvalue weighted by atomic mass is 16.6. The van der Waals surface area contributed by atoms with Crippen molar-refractivity contribution in [2.75, 3.05) is 6.54 Å². The van der Waals surface area contributed by atoms with Crippen LogP contribution < -0.4 is 15.5 Å². The summed E-state index contributed by atoms with van der Waals surface area (Å²) < 4.78 is 5.21. The van der Waals surface area contributed by atoms with Gasteiger partial charge in [0.25, 0.3) is 17.3 Å². The number of benzene rings is 3. The lowest BCUT2D eigenvalue weighted by atomic mass is 10.2. The molecule has 0 saturated heterocycles. The molecule has 38 heavy (non-hydrogen) atoms. The fourth-order valence-electron chi connectivity index (χ4n) is 3.06. The third kappa shape index (κ3) is 8.05. The van der Waals surface area contributed by atoms with Crippen LogP contribution in [0.3, 0.4) is 0 Å². The highest BCUT2D eigenvalue weighted by Gasteiger charge is 2.13. The summed E-state index contributed by atoms with van der Waals surface area (Å²) in [6.07, 6.45) is 1.84. The van der Waals surface area contributed by atoms with Gasteiger partial charge in [-0.05, 0) is 54.4 Å². The van der Waals surface area contributed by atoms with Gasteiger partial charge >= 0.3 is 5.97 Å². The van der Waals surface area contributed by atoms with Crippen LogP contribution in [-0.2, 0) is 4.79 Å². The fraction of sp³-hybridized carbons (Fsp3) is 0.120. The molecule has 0 aromatic heterocycles. The zero-order valence-corrected chi connectivity index (χ0v) is 19.7. The Morgan fingerprint density at radius 3 is 2.21 bits per heavy atom. The Morgan fingerprint density at radius 2 is 1.55 bits per heavy atom. The molecular weight excluding hydrogens is 498 g/mol. The number of carbonyl (C=O) groups excluding carboxylic acids is 3.